The monoisotopic (exact) mass is 357 g/mol. The number of carbonyl (C=O) groups excluding carboxylic acids is 1. The lowest BCUT2D eigenvalue weighted by Crippen LogP contribution is -2.36. The van der Waals surface area contributed by atoms with Crippen LogP contribution in [0.2, 0.25) is 0 Å². The number of benzene rings is 1. The third-order valence-electron chi connectivity index (χ3n) is 4.48. The van der Waals surface area contributed by atoms with Crippen molar-refractivity contribution in [1.29, 1.82) is 0 Å². The van der Waals surface area contributed by atoms with Crippen molar-refractivity contribution in [2.75, 3.05) is 19.8 Å². The lowest BCUT2D eigenvalue weighted by atomic mass is 10.00. The first-order chi connectivity index (χ1) is 12.5. The van der Waals surface area contributed by atoms with E-state index in [1.165, 1.54) is 22.3 Å². The Morgan fingerprint density at radius 2 is 1.88 bits per heavy atom. The normalized spacial score (nSPS) is 10.8. The molecule has 142 valence electrons. The van der Waals surface area contributed by atoms with Gasteiger partial charge in [0, 0.05) is 38.2 Å². The second-order valence-electron chi connectivity index (χ2n) is 6.66. The highest BCUT2D eigenvalue weighted by atomic mass is 16.5. The minimum Gasteiger partial charge on any atom is -0.382 e. The Kier molecular flexibility index (Phi) is 7.73. The molecular formula is C21H31N3O2. The fraction of sp³-hybridized carbons (Fsp3) is 0.476. The Bertz CT molecular complexity index is 699. The van der Waals surface area contributed by atoms with E-state index in [4.69, 9.17) is 4.74 Å². The van der Waals surface area contributed by atoms with Crippen molar-refractivity contribution in [2.24, 2.45) is 0 Å². The number of ether oxygens (including phenoxy) is 1. The van der Waals surface area contributed by atoms with Gasteiger partial charge in [0.05, 0.1) is 6.54 Å². The second-order valence-corrected chi connectivity index (χ2v) is 6.66. The van der Waals surface area contributed by atoms with Crippen LogP contribution in [0.1, 0.15) is 41.3 Å². The minimum absolute atomic E-state index is 0.142. The summed E-state index contributed by atoms with van der Waals surface area (Å²) in [6.45, 7) is 11.7. The topological polar surface area (TPSA) is 55.3 Å². The molecule has 0 bridgehead atoms. The molecule has 1 aromatic carbocycles. The molecule has 0 spiro atoms. The molecule has 0 unspecified atom stereocenters. The van der Waals surface area contributed by atoms with Crippen LogP contribution >= 0.6 is 0 Å². The van der Waals surface area contributed by atoms with Crippen LogP contribution in [0.3, 0.4) is 0 Å². The maximum absolute atomic E-state index is 11.9. The number of hydrogen-bond donors (Lipinski definition) is 2. The number of aryl methyl sites for hydroxylation is 3. The lowest BCUT2D eigenvalue weighted by Gasteiger charge is -2.15. The average Bonchev–Trinajstić information content (AvgIpc) is 3.03. The zero-order valence-electron chi connectivity index (χ0n) is 16.4. The summed E-state index contributed by atoms with van der Waals surface area (Å²) in [5, 5.41) is 5.79. The molecule has 0 saturated carbocycles. The van der Waals surface area contributed by atoms with Crippen molar-refractivity contribution >= 4 is 6.03 Å². The highest BCUT2D eigenvalue weighted by molar-refractivity contribution is 5.73. The maximum atomic E-state index is 11.9. The molecule has 0 radical (unpaired) electrons. The number of nitrogens with one attached hydrogen (secondary N) is 2. The first-order valence-electron chi connectivity index (χ1n) is 9.31. The van der Waals surface area contributed by atoms with E-state index in [9.17, 15) is 4.79 Å². The number of amides is 2. The van der Waals surface area contributed by atoms with Crippen molar-refractivity contribution in [2.45, 2.75) is 47.2 Å². The summed E-state index contributed by atoms with van der Waals surface area (Å²) < 4.78 is 7.45. The van der Waals surface area contributed by atoms with E-state index < -0.39 is 0 Å². The van der Waals surface area contributed by atoms with Gasteiger partial charge in [-0.1, -0.05) is 17.7 Å². The molecule has 1 aromatic heterocycles. The summed E-state index contributed by atoms with van der Waals surface area (Å²) >= 11 is 0. The van der Waals surface area contributed by atoms with Gasteiger partial charge in [-0.3, -0.25) is 0 Å². The predicted octanol–water partition coefficient (Wildman–Crippen LogP) is 3.69. The first kappa shape index (κ1) is 20.0. The maximum Gasteiger partial charge on any atom is 0.315 e. The van der Waals surface area contributed by atoms with E-state index in [1.54, 1.807) is 0 Å². The van der Waals surface area contributed by atoms with Crippen LogP contribution in [0.25, 0.3) is 0 Å². The largest absolute Gasteiger partial charge is 0.382 e. The Labute approximate surface area is 156 Å². The Hall–Kier alpha value is -2.27. The van der Waals surface area contributed by atoms with Crippen molar-refractivity contribution < 1.29 is 9.53 Å². The van der Waals surface area contributed by atoms with Crippen molar-refractivity contribution in [3.05, 3.63) is 58.4 Å². The highest BCUT2D eigenvalue weighted by Crippen LogP contribution is 2.18. The van der Waals surface area contributed by atoms with Crippen molar-refractivity contribution in [3.8, 4) is 0 Å². The zero-order chi connectivity index (χ0) is 18.9. The molecule has 2 N–H and O–H groups in total. The van der Waals surface area contributed by atoms with Gasteiger partial charge < -0.3 is 19.9 Å². The quantitative estimate of drug-likeness (QED) is 0.673. The van der Waals surface area contributed by atoms with Crippen molar-refractivity contribution in [1.82, 2.24) is 15.2 Å². The summed E-state index contributed by atoms with van der Waals surface area (Å²) in [5.74, 6) is 0. The molecule has 2 amide bonds. The van der Waals surface area contributed by atoms with Gasteiger partial charge in [-0.05, 0) is 62.9 Å². The molecule has 0 atom stereocenters. The first-order valence-corrected chi connectivity index (χ1v) is 9.31. The summed E-state index contributed by atoms with van der Waals surface area (Å²) in [6, 6.07) is 8.38. The number of hydrogen-bond acceptors (Lipinski definition) is 2. The summed E-state index contributed by atoms with van der Waals surface area (Å²) in [6.07, 6.45) is 2.89. The molecule has 2 aromatic rings. The van der Waals surface area contributed by atoms with Crippen LogP contribution in [0.4, 0.5) is 4.79 Å². The number of urea groups is 1. The van der Waals surface area contributed by atoms with Gasteiger partial charge in [-0.2, -0.15) is 0 Å². The number of nitrogens with zero attached hydrogens (tertiary/aromatic N) is 1. The third kappa shape index (κ3) is 5.92. The molecule has 26 heavy (non-hydrogen) atoms. The number of carbonyl (C=O) groups is 1. The molecular weight excluding hydrogens is 326 g/mol. The smallest absolute Gasteiger partial charge is 0.315 e. The predicted molar refractivity (Wildman–Crippen MR) is 106 cm³/mol. The SMILES string of the molecule is CCOCCCNC(=O)NCc1cccn1Cc1c(C)cc(C)cc1C. The summed E-state index contributed by atoms with van der Waals surface area (Å²) in [4.78, 5) is 11.9. The molecule has 0 saturated heterocycles. The molecule has 1 heterocycles. The van der Waals surface area contributed by atoms with E-state index in [-0.39, 0.29) is 6.03 Å². The van der Waals surface area contributed by atoms with Gasteiger partial charge in [0.1, 0.15) is 0 Å². The average molecular weight is 357 g/mol. The van der Waals surface area contributed by atoms with Crippen LogP contribution in [0.15, 0.2) is 30.5 Å². The molecule has 2 rings (SSSR count). The second kappa shape index (κ2) is 10.0. The minimum atomic E-state index is -0.142. The third-order valence-corrected chi connectivity index (χ3v) is 4.48. The van der Waals surface area contributed by atoms with Crippen LogP contribution in [0, 0.1) is 20.8 Å². The highest BCUT2D eigenvalue weighted by Gasteiger charge is 2.08. The standard InChI is InChI=1S/C21H31N3O2/c1-5-26-11-7-9-22-21(25)23-14-19-8-6-10-24(19)15-20-17(3)12-16(2)13-18(20)4/h6,8,10,12-13H,5,7,9,11,14-15H2,1-4H3,(H2,22,23,25). The zero-order valence-corrected chi connectivity index (χ0v) is 16.4. The van der Waals surface area contributed by atoms with Crippen molar-refractivity contribution in [3.63, 3.8) is 0 Å². The molecule has 0 fully saturated rings. The molecule has 0 aliphatic rings. The summed E-state index contributed by atoms with van der Waals surface area (Å²) in [7, 11) is 0. The fourth-order valence-corrected chi connectivity index (χ4v) is 3.15. The van der Waals surface area contributed by atoms with Crippen LogP contribution in [-0.4, -0.2) is 30.4 Å². The van der Waals surface area contributed by atoms with E-state index in [0.717, 1.165) is 18.7 Å². The Morgan fingerprint density at radius 3 is 2.58 bits per heavy atom. The molecule has 5 nitrogen and oxygen atoms in total. The number of rotatable bonds is 9. The summed E-state index contributed by atoms with van der Waals surface area (Å²) in [5.41, 5.74) is 6.34. The van der Waals surface area contributed by atoms with Crippen LogP contribution in [-0.2, 0) is 17.8 Å². The van der Waals surface area contributed by atoms with E-state index in [0.29, 0.717) is 26.3 Å². The Morgan fingerprint density at radius 1 is 1.15 bits per heavy atom. The van der Waals surface area contributed by atoms with Gasteiger partial charge in [0.2, 0.25) is 0 Å². The van der Waals surface area contributed by atoms with E-state index >= 15 is 0 Å². The Balaban J connectivity index is 1.88. The van der Waals surface area contributed by atoms with Gasteiger partial charge in [0.25, 0.3) is 0 Å². The van der Waals surface area contributed by atoms with E-state index in [1.807, 2.05) is 19.1 Å². The van der Waals surface area contributed by atoms with Crippen LogP contribution in [0.5, 0.6) is 0 Å². The van der Waals surface area contributed by atoms with Gasteiger partial charge in [-0.15, -0.1) is 0 Å². The van der Waals surface area contributed by atoms with Gasteiger partial charge >= 0.3 is 6.03 Å². The fourth-order valence-electron chi connectivity index (χ4n) is 3.15. The van der Waals surface area contributed by atoms with Gasteiger partial charge in [-0.25, -0.2) is 4.79 Å². The lowest BCUT2D eigenvalue weighted by molar-refractivity contribution is 0.145. The molecule has 0 aliphatic heterocycles. The molecule has 0 aliphatic carbocycles. The van der Waals surface area contributed by atoms with E-state index in [2.05, 4.69) is 54.3 Å². The van der Waals surface area contributed by atoms with Crippen LogP contribution < -0.4 is 10.6 Å². The molecule has 5 heteroatoms. The number of aromatic nitrogens is 1. The van der Waals surface area contributed by atoms with Gasteiger partial charge in [0.15, 0.2) is 0 Å².